The molecule has 0 aliphatic carbocycles. The first-order valence-electron chi connectivity index (χ1n) is 5.54. The Morgan fingerprint density at radius 1 is 1.05 bits per heavy atom. The van der Waals surface area contributed by atoms with Gasteiger partial charge >= 0.3 is 0 Å². The second-order valence-corrected chi connectivity index (χ2v) is 7.90. The van der Waals surface area contributed by atoms with Crippen LogP contribution < -0.4 is 4.99 Å². The van der Waals surface area contributed by atoms with Crippen LogP contribution in [0.1, 0.15) is 26.3 Å². The van der Waals surface area contributed by atoms with Crippen LogP contribution in [0.5, 0.6) is 0 Å². The highest BCUT2D eigenvalue weighted by molar-refractivity contribution is 7.86. The van der Waals surface area contributed by atoms with Gasteiger partial charge in [0.2, 0.25) is 5.71 Å². The number of nitrogens with zero attached hydrogens (tertiary/aromatic N) is 1. The molecule has 2 rings (SSSR count). The number of fused-ring (bicyclic) bond motifs is 1. The SMILES string of the molecule is CC1=[N+]c2cc(S(=O)(=O)O)cc(S(=O)(=O)O)c2C1(C)C. The van der Waals surface area contributed by atoms with Crippen LogP contribution in [0.4, 0.5) is 5.69 Å². The van der Waals surface area contributed by atoms with Crippen LogP contribution >= 0.6 is 0 Å². The Hall–Kier alpha value is -1.29. The maximum atomic E-state index is 11.5. The third-order valence-corrected chi connectivity index (χ3v) is 5.16. The van der Waals surface area contributed by atoms with Gasteiger partial charge in [0.1, 0.15) is 9.79 Å². The van der Waals surface area contributed by atoms with Gasteiger partial charge in [-0.15, -0.1) is 0 Å². The number of rotatable bonds is 2. The van der Waals surface area contributed by atoms with Crippen LogP contribution in [-0.2, 0) is 25.7 Å². The van der Waals surface area contributed by atoms with E-state index in [1.807, 2.05) is 0 Å². The average Bonchev–Trinajstić information content (AvgIpc) is 2.46. The smallest absolute Gasteiger partial charge is 0.282 e. The van der Waals surface area contributed by atoms with Crippen molar-refractivity contribution in [2.75, 3.05) is 0 Å². The maximum absolute atomic E-state index is 11.5. The van der Waals surface area contributed by atoms with Gasteiger partial charge in [-0.1, -0.05) is 0 Å². The Balaban J connectivity index is 2.95. The molecule has 0 saturated carbocycles. The minimum absolute atomic E-state index is 0.107. The van der Waals surface area contributed by atoms with E-state index in [9.17, 15) is 21.4 Å². The first-order valence-corrected chi connectivity index (χ1v) is 8.42. The highest BCUT2D eigenvalue weighted by atomic mass is 32.2. The fourth-order valence-corrected chi connectivity index (χ4v) is 3.64. The van der Waals surface area contributed by atoms with E-state index in [1.165, 1.54) is 0 Å². The van der Waals surface area contributed by atoms with Crippen molar-refractivity contribution in [3.63, 3.8) is 0 Å². The summed E-state index contributed by atoms with van der Waals surface area (Å²) in [6.45, 7) is 5.08. The van der Waals surface area contributed by atoms with E-state index in [1.54, 1.807) is 20.8 Å². The van der Waals surface area contributed by atoms with Crippen molar-refractivity contribution in [3.05, 3.63) is 17.7 Å². The Kier molecular flexibility index (Phi) is 3.10. The molecule has 0 aromatic heterocycles. The van der Waals surface area contributed by atoms with Crippen LogP contribution in [0, 0.1) is 0 Å². The van der Waals surface area contributed by atoms with Crippen molar-refractivity contribution >= 4 is 31.6 Å². The normalized spacial score (nSPS) is 17.8. The van der Waals surface area contributed by atoms with Crippen molar-refractivity contribution in [1.29, 1.82) is 0 Å². The van der Waals surface area contributed by atoms with Crippen LogP contribution in [-0.4, -0.2) is 31.7 Å². The van der Waals surface area contributed by atoms with Gasteiger partial charge in [0.15, 0.2) is 0 Å². The van der Waals surface area contributed by atoms with Gasteiger partial charge in [-0.3, -0.25) is 9.11 Å². The molecular formula is C11H13NO6S2+. The fourth-order valence-electron chi connectivity index (χ4n) is 2.15. The van der Waals surface area contributed by atoms with Gasteiger partial charge < -0.3 is 0 Å². The molecule has 0 spiro atoms. The van der Waals surface area contributed by atoms with Crippen molar-refractivity contribution < 1.29 is 25.9 Å². The molecule has 0 fully saturated rings. The van der Waals surface area contributed by atoms with E-state index >= 15 is 0 Å². The molecule has 0 amide bonds. The van der Waals surface area contributed by atoms with Gasteiger partial charge in [0.05, 0.1) is 16.0 Å². The lowest BCUT2D eigenvalue weighted by Gasteiger charge is -2.16. The van der Waals surface area contributed by atoms with Crippen LogP contribution in [0.2, 0.25) is 0 Å². The van der Waals surface area contributed by atoms with Crippen LogP contribution in [0.3, 0.4) is 0 Å². The Bertz CT molecular complexity index is 834. The number of hydrogen-bond acceptors (Lipinski definition) is 5. The molecule has 1 aliphatic rings. The lowest BCUT2D eigenvalue weighted by molar-refractivity contribution is 0.478. The van der Waals surface area contributed by atoms with Crippen molar-refractivity contribution in [1.82, 2.24) is 4.99 Å². The molecule has 20 heavy (non-hydrogen) atoms. The van der Waals surface area contributed by atoms with Crippen LogP contribution in [0.15, 0.2) is 21.9 Å². The molecule has 1 radical (unpaired) electrons. The lowest BCUT2D eigenvalue weighted by Crippen LogP contribution is -2.26. The van der Waals surface area contributed by atoms with E-state index < -0.39 is 35.4 Å². The molecule has 7 nitrogen and oxygen atoms in total. The molecule has 9 heteroatoms. The monoisotopic (exact) mass is 319 g/mol. The van der Waals surface area contributed by atoms with Crippen LogP contribution in [0.25, 0.3) is 0 Å². The molecule has 0 saturated heterocycles. The van der Waals surface area contributed by atoms with E-state index in [4.69, 9.17) is 4.55 Å². The summed E-state index contributed by atoms with van der Waals surface area (Å²) in [6, 6.07) is 1.82. The molecule has 1 aromatic carbocycles. The molecule has 0 atom stereocenters. The van der Waals surface area contributed by atoms with Gasteiger partial charge in [0, 0.05) is 13.0 Å². The number of benzene rings is 1. The van der Waals surface area contributed by atoms with Crippen molar-refractivity contribution in [2.24, 2.45) is 0 Å². The number of hydrogen-bond donors (Lipinski definition) is 2. The molecule has 1 aromatic rings. The zero-order chi connectivity index (χ0) is 15.5. The summed E-state index contributed by atoms with van der Waals surface area (Å²) in [6.07, 6.45) is 0. The predicted octanol–water partition coefficient (Wildman–Crippen LogP) is 0.899. The van der Waals surface area contributed by atoms with E-state index in [-0.39, 0.29) is 11.3 Å². The first kappa shape index (κ1) is 15.1. The first-order chi connectivity index (χ1) is 8.85. The second-order valence-electron chi connectivity index (χ2n) is 5.09. The van der Waals surface area contributed by atoms with Crippen molar-refractivity contribution in [2.45, 2.75) is 36.0 Å². The molecule has 109 valence electrons. The third-order valence-electron chi connectivity index (χ3n) is 3.45. The predicted molar refractivity (Wildman–Crippen MR) is 71.6 cm³/mol. The lowest BCUT2D eigenvalue weighted by atomic mass is 9.82. The summed E-state index contributed by atoms with van der Waals surface area (Å²) in [7, 11) is -9.26. The minimum Gasteiger partial charge on any atom is -0.282 e. The zero-order valence-electron chi connectivity index (χ0n) is 10.9. The van der Waals surface area contributed by atoms with Gasteiger partial charge in [-0.25, -0.2) is 0 Å². The average molecular weight is 319 g/mol. The van der Waals surface area contributed by atoms with Crippen molar-refractivity contribution in [3.8, 4) is 0 Å². The van der Waals surface area contributed by atoms with Gasteiger partial charge in [-0.2, -0.15) is 16.8 Å². The maximum Gasteiger partial charge on any atom is 0.295 e. The minimum atomic E-state index is -4.65. The molecule has 2 N–H and O–H groups in total. The summed E-state index contributed by atoms with van der Waals surface area (Å²) in [5.74, 6) is 0. The summed E-state index contributed by atoms with van der Waals surface area (Å²) in [5, 5.41) is 0. The summed E-state index contributed by atoms with van der Waals surface area (Å²) in [4.78, 5) is 2.93. The second kappa shape index (κ2) is 4.10. The standard InChI is InChI=1S/C11H13NO6S2/c1-6-11(2,3)10-8(12-6)4-7(19(13,14)15)5-9(10)20(16,17)18/h4-5H,1-3H3,(H,13,14,15)(H,16,17,18)/q+1. The van der Waals surface area contributed by atoms with Gasteiger partial charge in [0.25, 0.3) is 25.9 Å². The van der Waals surface area contributed by atoms with E-state index in [0.717, 1.165) is 12.1 Å². The van der Waals surface area contributed by atoms with E-state index in [2.05, 4.69) is 4.99 Å². The molecule has 1 aliphatic heterocycles. The molecule has 0 bridgehead atoms. The molecular weight excluding hydrogens is 306 g/mol. The summed E-state index contributed by atoms with van der Waals surface area (Å²) in [5.41, 5.74) is 0.128. The Morgan fingerprint density at radius 2 is 1.60 bits per heavy atom. The van der Waals surface area contributed by atoms with E-state index in [0.29, 0.717) is 5.71 Å². The molecule has 0 unspecified atom stereocenters. The summed E-state index contributed by atoms with van der Waals surface area (Å²) >= 11 is 0. The Labute approximate surface area is 116 Å². The topological polar surface area (TPSA) is 123 Å². The summed E-state index contributed by atoms with van der Waals surface area (Å²) < 4.78 is 63.7. The molecule has 1 heterocycles. The fraction of sp³-hybridized carbons (Fsp3) is 0.364. The zero-order valence-corrected chi connectivity index (χ0v) is 12.6. The van der Waals surface area contributed by atoms with Gasteiger partial charge in [-0.05, 0) is 19.9 Å². The number of aliphatic imine (C=N–C) groups is 1. The third kappa shape index (κ3) is 2.26. The highest BCUT2D eigenvalue weighted by Crippen LogP contribution is 2.41. The quantitative estimate of drug-likeness (QED) is 0.781. The largest absolute Gasteiger partial charge is 0.295 e. The Morgan fingerprint density at radius 3 is 2.05 bits per heavy atom. The highest BCUT2D eigenvalue weighted by Gasteiger charge is 2.47.